The molecule has 10 heteroatoms. The third-order valence-electron chi connectivity index (χ3n) is 3.56. The Balaban J connectivity index is 2.01. The molecule has 0 radical (unpaired) electrons. The van der Waals surface area contributed by atoms with E-state index >= 15 is 0 Å². The summed E-state index contributed by atoms with van der Waals surface area (Å²) in [6, 6.07) is 2.69. The van der Waals surface area contributed by atoms with Crippen molar-refractivity contribution in [1.82, 2.24) is 4.90 Å². The molecule has 0 saturated carbocycles. The van der Waals surface area contributed by atoms with E-state index in [-0.39, 0.29) is 30.1 Å². The number of rotatable bonds is 5. The first kappa shape index (κ1) is 16.7. The van der Waals surface area contributed by atoms with E-state index in [1.165, 1.54) is 0 Å². The van der Waals surface area contributed by atoms with Crippen molar-refractivity contribution >= 4 is 15.5 Å². The number of nitro benzene ring substituents is 1. The Labute approximate surface area is 124 Å². The number of sulfone groups is 1. The third kappa shape index (κ3) is 3.55. The lowest BCUT2D eigenvalue weighted by atomic mass is 10.0. The van der Waals surface area contributed by atoms with Crippen LogP contribution < -0.4 is 0 Å². The van der Waals surface area contributed by atoms with Gasteiger partial charge in [0.05, 0.1) is 15.6 Å². The summed E-state index contributed by atoms with van der Waals surface area (Å²) in [5, 5.41) is 10.5. The molecule has 0 aliphatic carbocycles. The Kier molecular flexibility index (Phi) is 4.43. The largest absolute Gasteiger partial charge is 0.404 e. The van der Waals surface area contributed by atoms with Crippen LogP contribution in [0, 0.1) is 10.1 Å². The second kappa shape index (κ2) is 5.84. The van der Waals surface area contributed by atoms with Crippen LogP contribution >= 0.6 is 0 Å². The van der Waals surface area contributed by atoms with Crippen molar-refractivity contribution in [2.75, 3.05) is 18.8 Å². The molecule has 0 aromatic heterocycles. The molecule has 1 heterocycles. The zero-order chi connectivity index (χ0) is 16.5. The summed E-state index contributed by atoms with van der Waals surface area (Å²) in [6.45, 7) is -0.0105. The Morgan fingerprint density at radius 3 is 2.27 bits per heavy atom. The lowest BCUT2D eigenvalue weighted by molar-refractivity contribution is -0.384. The summed E-state index contributed by atoms with van der Waals surface area (Å²) in [5.74, 6) is -0.461. The van der Waals surface area contributed by atoms with Crippen molar-refractivity contribution in [2.24, 2.45) is 0 Å². The molecule has 1 fully saturated rings. The molecule has 6 nitrogen and oxygen atoms in total. The highest BCUT2D eigenvalue weighted by Crippen LogP contribution is 2.33. The lowest BCUT2D eigenvalue weighted by Gasteiger charge is -2.41. The molecule has 0 amide bonds. The maximum Gasteiger partial charge on any atom is 0.404 e. The van der Waals surface area contributed by atoms with Crippen molar-refractivity contribution in [1.29, 1.82) is 0 Å². The summed E-state index contributed by atoms with van der Waals surface area (Å²) >= 11 is 0. The van der Waals surface area contributed by atoms with Crippen LogP contribution in [0.25, 0.3) is 0 Å². The van der Waals surface area contributed by atoms with Gasteiger partial charge >= 0.3 is 6.18 Å². The van der Waals surface area contributed by atoms with Gasteiger partial charge in [0.15, 0.2) is 9.84 Å². The summed E-state index contributed by atoms with van der Waals surface area (Å²) in [6.07, 6.45) is -4.38. The fourth-order valence-corrected chi connectivity index (χ4v) is 3.47. The first-order valence-corrected chi connectivity index (χ1v) is 8.04. The fraction of sp³-hybridized carbons (Fsp3) is 0.500. The van der Waals surface area contributed by atoms with Crippen LogP contribution in [0.5, 0.6) is 0 Å². The van der Waals surface area contributed by atoms with E-state index in [1.807, 2.05) is 0 Å². The van der Waals surface area contributed by atoms with Gasteiger partial charge in [0, 0.05) is 25.2 Å². The van der Waals surface area contributed by atoms with Crippen LogP contribution in [-0.4, -0.2) is 49.3 Å². The highest BCUT2D eigenvalue weighted by Gasteiger charge is 2.48. The fourth-order valence-electron chi connectivity index (χ4n) is 2.21. The minimum absolute atomic E-state index is 0.0267. The summed E-state index contributed by atoms with van der Waals surface area (Å²) < 4.78 is 61.7. The molecule has 0 unspecified atom stereocenters. The van der Waals surface area contributed by atoms with Gasteiger partial charge in [0.2, 0.25) is 0 Å². The van der Waals surface area contributed by atoms with Crippen molar-refractivity contribution in [3.05, 3.63) is 34.4 Å². The van der Waals surface area contributed by atoms with Gasteiger partial charge in [0.25, 0.3) is 5.69 Å². The molecule has 1 aliphatic heterocycles. The molecular formula is C12H13F3N2O4S. The van der Waals surface area contributed by atoms with Crippen molar-refractivity contribution in [2.45, 2.75) is 23.5 Å². The van der Waals surface area contributed by atoms with Gasteiger partial charge < -0.3 is 0 Å². The summed E-state index contributed by atoms with van der Waals surface area (Å²) in [5.41, 5.74) is -0.251. The molecule has 1 aromatic carbocycles. The quantitative estimate of drug-likeness (QED) is 0.606. The Morgan fingerprint density at radius 2 is 1.86 bits per heavy atom. The van der Waals surface area contributed by atoms with Gasteiger partial charge in [-0.25, -0.2) is 8.42 Å². The number of alkyl halides is 3. The van der Waals surface area contributed by atoms with E-state index in [9.17, 15) is 31.7 Å². The van der Waals surface area contributed by atoms with Crippen LogP contribution in [0.2, 0.25) is 0 Å². The number of nitrogens with zero attached hydrogens (tertiary/aromatic N) is 2. The Morgan fingerprint density at radius 1 is 1.27 bits per heavy atom. The number of halogens is 3. The zero-order valence-corrected chi connectivity index (χ0v) is 12.1. The van der Waals surface area contributed by atoms with E-state index in [1.54, 1.807) is 0 Å². The van der Waals surface area contributed by atoms with E-state index in [0.717, 1.165) is 29.2 Å². The number of benzene rings is 1. The highest BCUT2D eigenvalue weighted by molar-refractivity contribution is 7.91. The predicted molar refractivity (Wildman–Crippen MR) is 71.2 cm³/mol. The average Bonchev–Trinajstić information content (AvgIpc) is 2.35. The predicted octanol–water partition coefficient (Wildman–Crippen LogP) is 2.01. The van der Waals surface area contributed by atoms with Gasteiger partial charge in [-0.1, -0.05) is 0 Å². The molecule has 1 saturated heterocycles. The number of non-ortho nitro benzene ring substituents is 1. The standard InChI is InChI=1S/C12H13F3N2O4S/c13-12(14,15)11-5-6-16(11)7-8-22(20,21)10-3-1-9(2-4-10)17(18)19/h1-4,11H,5-8H2/t11-/m1/s1. The SMILES string of the molecule is O=[N+]([O-])c1ccc(S(=O)(=O)CCN2CC[C@@H]2C(F)(F)F)cc1. The molecule has 2 rings (SSSR count). The zero-order valence-electron chi connectivity index (χ0n) is 11.3. The average molecular weight is 338 g/mol. The first-order valence-electron chi connectivity index (χ1n) is 6.39. The third-order valence-corrected chi connectivity index (χ3v) is 5.27. The van der Waals surface area contributed by atoms with Gasteiger partial charge in [-0.3, -0.25) is 15.0 Å². The molecule has 0 N–H and O–H groups in total. The van der Waals surface area contributed by atoms with Gasteiger partial charge in [-0.2, -0.15) is 13.2 Å². The highest BCUT2D eigenvalue weighted by atomic mass is 32.2. The maximum absolute atomic E-state index is 12.6. The summed E-state index contributed by atoms with van der Waals surface area (Å²) in [7, 11) is -3.77. The van der Waals surface area contributed by atoms with Gasteiger partial charge in [-0.05, 0) is 18.6 Å². The van der Waals surface area contributed by atoms with Crippen LogP contribution in [-0.2, 0) is 9.84 Å². The second-order valence-corrected chi connectivity index (χ2v) is 7.06. The van der Waals surface area contributed by atoms with Crippen LogP contribution in [0.15, 0.2) is 29.2 Å². The molecule has 122 valence electrons. The number of nitro groups is 1. The molecule has 22 heavy (non-hydrogen) atoms. The molecular weight excluding hydrogens is 325 g/mol. The minimum Gasteiger partial charge on any atom is -0.291 e. The summed E-state index contributed by atoms with van der Waals surface area (Å²) in [4.78, 5) is 10.8. The maximum atomic E-state index is 12.6. The molecule has 0 bridgehead atoms. The van der Waals surface area contributed by atoms with Gasteiger partial charge in [-0.15, -0.1) is 0 Å². The first-order chi connectivity index (χ1) is 10.1. The number of hydrogen-bond acceptors (Lipinski definition) is 5. The number of likely N-dealkylation sites (tertiary alicyclic amines) is 1. The molecule has 0 spiro atoms. The van der Waals surface area contributed by atoms with Crippen LogP contribution in [0.1, 0.15) is 6.42 Å². The second-order valence-electron chi connectivity index (χ2n) is 4.95. The van der Waals surface area contributed by atoms with Crippen molar-refractivity contribution in [3.8, 4) is 0 Å². The Hall–Kier alpha value is -1.68. The van der Waals surface area contributed by atoms with E-state index in [4.69, 9.17) is 0 Å². The van der Waals surface area contributed by atoms with E-state index in [0.29, 0.717) is 0 Å². The van der Waals surface area contributed by atoms with E-state index in [2.05, 4.69) is 0 Å². The Bertz CT molecular complexity index is 658. The number of hydrogen-bond donors (Lipinski definition) is 0. The molecule has 1 atom stereocenters. The molecule has 1 aliphatic rings. The lowest BCUT2D eigenvalue weighted by Crippen LogP contribution is -2.56. The van der Waals surface area contributed by atoms with Crippen molar-refractivity contribution in [3.63, 3.8) is 0 Å². The van der Waals surface area contributed by atoms with Crippen LogP contribution in [0.3, 0.4) is 0 Å². The van der Waals surface area contributed by atoms with E-state index < -0.39 is 32.7 Å². The van der Waals surface area contributed by atoms with Crippen molar-refractivity contribution < 1.29 is 26.5 Å². The topological polar surface area (TPSA) is 80.5 Å². The molecule has 1 aromatic rings. The van der Waals surface area contributed by atoms with Crippen LogP contribution in [0.4, 0.5) is 18.9 Å². The minimum atomic E-state index is -4.35. The normalized spacial score (nSPS) is 19.7. The van der Waals surface area contributed by atoms with Gasteiger partial charge in [0.1, 0.15) is 6.04 Å². The smallest absolute Gasteiger partial charge is 0.291 e. The monoisotopic (exact) mass is 338 g/mol.